The van der Waals surface area contributed by atoms with Gasteiger partial charge in [0, 0.05) is 7.05 Å². The molecule has 2 bridgehead atoms. The Morgan fingerprint density at radius 3 is 2.24 bits per heavy atom. The second kappa shape index (κ2) is 4.81. The Hall–Kier alpha value is -1.96. The number of allylic oxidation sites excluding steroid dienone is 2. The summed E-state index contributed by atoms with van der Waals surface area (Å²) in [5.41, 5.74) is 3.45. The number of hydrogen-bond donors (Lipinski definition) is 1. The fraction of sp³-hybridized carbons (Fsp3) is 0.529. The number of aromatic nitrogens is 2. The van der Waals surface area contributed by atoms with E-state index in [2.05, 4.69) is 38.6 Å². The van der Waals surface area contributed by atoms with Gasteiger partial charge in [-0.1, -0.05) is 12.2 Å². The number of carbonyl (C=O) groups excluding carboxylic acids is 3. The molecule has 0 unspecified atom stereocenters. The highest BCUT2D eigenvalue weighted by molar-refractivity contribution is 9.10. The van der Waals surface area contributed by atoms with Crippen molar-refractivity contribution in [3.63, 3.8) is 0 Å². The molecule has 0 radical (unpaired) electrons. The van der Waals surface area contributed by atoms with Crippen LogP contribution < -0.4 is 5.43 Å². The van der Waals surface area contributed by atoms with Gasteiger partial charge < -0.3 is 0 Å². The van der Waals surface area contributed by atoms with Crippen molar-refractivity contribution in [2.45, 2.75) is 13.3 Å². The maximum Gasteiger partial charge on any atom is 0.291 e. The van der Waals surface area contributed by atoms with Crippen LogP contribution in [0.15, 0.2) is 16.6 Å². The highest BCUT2D eigenvalue weighted by Gasteiger charge is 2.67. The molecule has 130 valence electrons. The van der Waals surface area contributed by atoms with Gasteiger partial charge in [0.2, 0.25) is 0 Å². The van der Waals surface area contributed by atoms with E-state index in [4.69, 9.17) is 0 Å². The third-order valence-electron chi connectivity index (χ3n) is 6.35. The van der Waals surface area contributed by atoms with Crippen molar-refractivity contribution in [3.8, 4) is 0 Å². The average molecular weight is 405 g/mol. The smallest absolute Gasteiger partial charge is 0.272 e. The predicted molar refractivity (Wildman–Crippen MR) is 89.7 cm³/mol. The molecule has 8 heteroatoms. The lowest BCUT2D eigenvalue weighted by Crippen LogP contribution is -2.47. The summed E-state index contributed by atoms with van der Waals surface area (Å²) in [5, 5.41) is 5.09. The molecule has 1 saturated heterocycles. The summed E-state index contributed by atoms with van der Waals surface area (Å²) < 4.78 is 2.14. The van der Waals surface area contributed by atoms with Gasteiger partial charge in [-0.25, -0.2) is 0 Å². The van der Waals surface area contributed by atoms with E-state index in [-0.39, 0.29) is 41.2 Å². The van der Waals surface area contributed by atoms with Gasteiger partial charge in [-0.15, -0.1) is 0 Å². The fourth-order valence-corrected chi connectivity index (χ4v) is 5.47. The summed E-state index contributed by atoms with van der Waals surface area (Å²) >= 11 is 3.34. The summed E-state index contributed by atoms with van der Waals surface area (Å²) in [5.74, 6) is -0.396. The summed E-state index contributed by atoms with van der Waals surface area (Å²) in [6, 6.07) is 0. The molecule has 2 saturated carbocycles. The first-order valence-electron chi connectivity index (χ1n) is 8.46. The van der Waals surface area contributed by atoms with Crippen LogP contribution in [0.2, 0.25) is 0 Å². The van der Waals surface area contributed by atoms with Crippen molar-refractivity contribution in [2.75, 3.05) is 0 Å². The molecule has 1 aliphatic heterocycles. The van der Waals surface area contributed by atoms with Crippen molar-refractivity contribution in [3.05, 3.63) is 28.0 Å². The van der Waals surface area contributed by atoms with Gasteiger partial charge in [-0.3, -0.25) is 24.5 Å². The van der Waals surface area contributed by atoms with E-state index in [1.807, 2.05) is 6.92 Å². The summed E-state index contributed by atoms with van der Waals surface area (Å²) in [4.78, 5) is 38.3. The van der Waals surface area contributed by atoms with Gasteiger partial charge in [0.05, 0.1) is 22.0 Å². The number of hydrazine groups is 1. The Morgan fingerprint density at radius 1 is 1.20 bits per heavy atom. The first-order chi connectivity index (χ1) is 11.9. The Morgan fingerprint density at radius 2 is 1.76 bits per heavy atom. The number of nitrogens with zero attached hydrogens (tertiary/aromatic N) is 3. The van der Waals surface area contributed by atoms with Crippen LogP contribution in [-0.4, -0.2) is 32.5 Å². The van der Waals surface area contributed by atoms with Crippen molar-refractivity contribution in [1.29, 1.82) is 0 Å². The Kier molecular flexibility index (Phi) is 2.94. The third-order valence-corrected chi connectivity index (χ3v) is 7.30. The Labute approximate surface area is 152 Å². The minimum absolute atomic E-state index is 0.141. The van der Waals surface area contributed by atoms with Crippen molar-refractivity contribution < 1.29 is 14.4 Å². The molecular weight excluding hydrogens is 388 g/mol. The zero-order valence-corrected chi connectivity index (χ0v) is 15.4. The predicted octanol–water partition coefficient (Wildman–Crippen LogP) is 1.19. The summed E-state index contributed by atoms with van der Waals surface area (Å²) in [6.07, 6.45) is 5.33. The van der Waals surface area contributed by atoms with Gasteiger partial charge in [-0.05, 0) is 52.9 Å². The standard InChI is InChI=1S/C17H17BrN4O3/c1-6-13(18)14(19-21(6)2)15(23)20-22-16(24)11-7-3-4-8(10-5-9(7)10)12(11)17(22)25/h3-4,7-12H,5H2,1-2H3,(H,20,23)/t7-,8-,9-,10-,11-,12+/m1/s1. The molecule has 1 aromatic heterocycles. The number of imide groups is 1. The molecule has 5 aliphatic rings. The Bertz CT molecular complexity index is 839. The van der Waals surface area contributed by atoms with Crippen LogP contribution in [0, 0.1) is 42.4 Å². The van der Waals surface area contributed by atoms with Crippen LogP contribution >= 0.6 is 15.9 Å². The minimum atomic E-state index is -0.554. The van der Waals surface area contributed by atoms with Crippen LogP contribution in [-0.2, 0) is 16.6 Å². The van der Waals surface area contributed by atoms with E-state index in [1.165, 1.54) is 0 Å². The molecule has 25 heavy (non-hydrogen) atoms. The van der Waals surface area contributed by atoms with Crippen LogP contribution in [0.1, 0.15) is 22.6 Å². The largest absolute Gasteiger partial charge is 0.291 e. The molecule has 6 atom stereocenters. The number of amides is 3. The quantitative estimate of drug-likeness (QED) is 0.592. The van der Waals surface area contributed by atoms with Gasteiger partial charge in [0.15, 0.2) is 5.69 Å². The van der Waals surface area contributed by atoms with E-state index in [1.54, 1.807) is 11.7 Å². The van der Waals surface area contributed by atoms with Crippen LogP contribution in [0.3, 0.4) is 0 Å². The van der Waals surface area contributed by atoms with Crippen molar-refractivity contribution in [1.82, 2.24) is 20.2 Å². The normalized spacial score (nSPS) is 37.3. The van der Waals surface area contributed by atoms with E-state index in [0.717, 1.165) is 17.1 Å². The van der Waals surface area contributed by atoms with Gasteiger partial charge in [-0.2, -0.15) is 10.1 Å². The molecule has 0 aromatic carbocycles. The summed E-state index contributed by atoms with van der Waals surface area (Å²) in [6.45, 7) is 1.82. The maximum absolute atomic E-state index is 12.8. The number of halogens is 1. The number of aryl methyl sites for hydroxylation is 1. The van der Waals surface area contributed by atoms with E-state index < -0.39 is 5.91 Å². The Balaban J connectivity index is 1.42. The van der Waals surface area contributed by atoms with Gasteiger partial charge >= 0.3 is 0 Å². The monoisotopic (exact) mass is 404 g/mol. The van der Waals surface area contributed by atoms with Crippen LogP contribution in [0.4, 0.5) is 0 Å². The van der Waals surface area contributed by atoms with Gasteiger partial charge in [0.1, 0.15) is 0 Å². The zero-order chi connectivity index (χ0) is 17.6. The lowest BCUT2D eigenvalue weighted by atomic mass is 9.63. The lowest BCUT2D eigenvalue weighted by molar-refractivity contribution is -0.143. The van der Waals surface area contributed by atoms with Crippen molar-refractivity contribution in [2.24, 2.45) is 42.6 Å². The average Bonchev–Trinajstić information content (AvgIpc) is 3.34. The molecule has 7 nitrogen and oxygen atoms in total. The lowest BCUT2D eigenvalue weighted by Gasteiger charge is -2.37. The number of rotatable bonds is 2. The van der Waals surface area contributed by atoms with E-state index in [9.17, 15) is 14.4 Å². The molecule has 1 aromatic rings. The second-order valence-corrected chi connectivity index (χ2v) is 8.27. The van der Waals surface area contributed by atoms with Crippen LogP contribution in [0.25, 0.3) is 0 Å². The number of hydrogen-bond acceptors (Lipinski definition) is 4. The second-order valence-electron chi connectivity index (χ2n) is 7.48. The van der Waals surface area contributed by atoms with Crippen LogP contribution in [0.5, 0.6) is 0 Å². The first kappa shape index (κ1) is 15.3. The van der Waals surface area contributed by atoms with Gasteiger partial charge in [0.25, 0.3) is 17.7 Å². The molecule has 1 N–H and O–H groups in total. The molecule has 3 amide bonds. The minimum Gasteiger partial charge on any atom is -0.272 e. The molecule has 0 spiro atoms. The maximum atomic E-state index is 12.8. The zero-order valence-electron chi connectivity index (χ0n) is 13.8. The molecular formula is C17H17BrN4O3. The highest BCUT2D eigenvalue weighted by Crippen LogP contribution is 2.65. The molecule has 4 aliphatic carbocycles. The van der Waals surface area contributed by atoms with Crippen molar-refractivity contribution >= 4 is 33.7 Å². The molecule has 3 fully saturated rings. The van der Waals surface area contributed by atoms with E-state index >= 15 is 0 Å². The topological polar surface area (TPSA) is 84.3 Å². The molecule has 2 heterocycles. The molecule has 6 rings (SSSR count). The SMILES string of the molecule is Cc1c(Br)c(C(=O)NN2C(=O)[C@@H]3[C@@H]4C=C[C@H]([C@H]5C[C@H]45)[C@@H]3C2=O)nn1C. The fourth-order valence-electron chi connectivity index (χ4n) is 4.95. The third kappa shape index (κ3) is 1.86. The number of nitrogens with one attached hydrogen (secondary N) is 1. The summed E-state index contributed by atoms with van der Waals surface area (Å²) in [7, 11) is 1.73. The van der Waals surface area contributed by atoms with E-state index in [0.29, 0.717) is 16.3 Å². The first-order valence-corrected chi connectivity index (χ1v) is 9.25. The number of carbonyl (C=O) groups is 3. The highest BCUT2D eigenvalue weighted by atomic mass is 79.9.